The first-order chi connectivity index (χ1) is 11.3. The van der Waals surface area contributed by atoms with Crippen LogP contribution in [0.15, 0.2) is 42.7 Å². The number of hydrogen-bond donors (Lipinski definition) is 1. The molecule has 0 saturated carbocycles. The van der Waals surface area contributed by atoms with Crippen molar-refractivity contribution in [3.8, 4) is 11.5 Å². The van der Waals surface area contributed by atoms with Crippen molar-refractivity contribution in [2.45, 2.75) is 19.0 Å². The predicted octanol–water partition coefficient (Wildman–Crippen LogP) is 2.47. The second kappa shape index (κ2) is 7.33. The van der Waals surface area contributed by atoms with Crippen molar-refractivity contribution in [3.63, 3.8) is 0 Å². The Morgan fingerprint density at radius 1 is 1.13 bits per heavy atom. The van der Waals surface area contributed by atoms with Crippen LogP contribution in [0.3, 0.4) is 0 Å². The molecule has 1 N–H and O–H groups in total. The van der Waals surface area contributed by atoms with Crippen LogP contribution in [0.2, 0.25) is 0 Å². The highest BCUT2D eigenvalue weighted by molar-refractivity contribution is 5.56. The molecule has 0 spiro atoms. The molecule has 0 radical (unpaired) electrons. The second-order valence-electron chi connectivity index (χ2n) is 5.74. The van der Waals surface area contributed by atoms with E-state index in [0.717, 1.165) is 43.2 Å². The Morgan fingerprint density at radius 3 is 2.48 bits per heavy atom. The van der Waals surface area contributed by atoms with Crippen LogP contribution in [0.25, 0.3) is 0 Å². The molecule has 1 aromatic heterocycles. The van der Waals surface area contributed by atoms with Gasteiger partial charge >= 0.3 is 0 Å². The molecule has 2 aromatic rings. The topological polar surface area (TPSA) is 46.6 Å². The number of methoxy groups -OCH3 is 2. The van der Waals surface area contributed by atoms with Crippen molar-refractivity contribution in [2.75, 3.05) is 32.2 Å². The van der Waals surface area contributed by atoms with Gasteiger partial charge in [0, 0.05) is 62.0 Å². The van der Waals surface area contributed by atoms with E-state index in [4.69, 9.17) is 9.47 Å². The first-order valence-corrected chi connectivity index (χ1v) is 7.89. The van der Waals surface area contributed by atoms with Crippen molar-refractivity contribution < 1.29 is 9.47 Å². The molecule has 1 aliphatic rings. The molecule has 0 bridgehead atoms. The summed E-state index contributed by atoms with van der Waals surface area (Å²) in [6.45, 7) is 2.90. The lowest BCUT2D eigenvalue weighted by atomic mass is 10.2. The van der Waals surface area contributed by atoms with Gasteiger partial charge in [-0.2, -0.15) is 0 Å². The molecule has 0 amide bonds. The van der Waals surface area contributed by atoms with Crippen molar-refractivity contribution in [2.24, 2.45) is 0 Å². The summed E-state index contributed by atoms with van der Waals surface area (Å²) < 4.78 is 10.7. The lowest BCUT2D eigenvalue weighted by Crippen LogP contribution is -2.32. The van der Waals surface area contributed by atoms with Gasteiger partial charge in [0.05, 0.1) is 14.2 Å². The number of rotatable bonds is 6. The lowest BCUT2D eigenvalue weighted by molar-refractivity contribution is 0.394. The molecule has 1 aromatic carbocycles. The minimum atomic E-state index is 0.486. The van der Waals surface area contributed by atoms with Gasteiger partial charge in [-0.05, 0) is 24.1 Å². The van der Waals surface area contributed by atoms with Crippen LogP contribution in [0, 0.1) is 0 Å². The Labute approximate surface area is 137 Å². The Kier molecular flexibility index (Phi) is 4.98. The molecule has 5 heteroatoms. The largest absolute Gasteiger partial charge is 0.497 e. The molecule has 0 aliphatic carbocycles. The van der Waals surface area contributed by atoms with E-state index < -0.39 is 0 Å². The Hall–Kier alpha value is -2.27. The predicted molar refractivity (Wildman–Crippen MR) is 91.2 cm³/mol. The number of nitrogens with one attached hydrogen (secondary N) is 1. The molecular weight excluding hydrogens is 290 g/mol. The number of pyridine rings is 1. The van der Waals surface area contributed by atoms with Gasteiger partial charge < -0.3 is 19.7 Å². The zero-order valence-electron chi connectivity index (χ0n) is 13.7. The third-order valence-corrected chi connectivity index (χ3v) is 4.23. The molecule has 2 heterocycles. The van der Waals surface area contributed by atoms with Crippen molar-refractivity contribution >= 4 is 5.69 Å². The van der Waals surface area contributed by atoms with Gasteiger partial charge in [0.25, 0.3) is 0 Å². The quantitative estimate of drug-likeness (QED) is 0.888. The summed E-state index contributed by atoms with van der Waals surface area (Å²) in [6.07, 6.45) is 4.80. The fraction of sp³-hybridized carbons (Fsp3) is 0.389. The molecule has 0 unspecified atom stereocenters. The van der Waals surface area contributed by atoms with E-state index >= 15 is 0 Å². The molecule has 5 nitrogen and oxygen atoms in total. The summed E-state index contributed by atoms with van der Waals surface area (Å²) in [6, 6.07) is 10.6. The van der Waals surface area contributed by atoms with Crippen molar-refractivity contribution in [3.05, 3.63) is 48.3 Å². The van der Waals surface area contributed by atoms with E-state index in [-0.39, 0.29) is 0 Å². The normalized spacial score (nSPS) is 17.3. The van der Waals surface area contributed by atoms with E-state index in [9.17, 15) is 0 Å². The smallest absolute Gasteiger partial charge is 0.124 e. The fourth-order valence-corrected chi connectivity index (χ4v) is 2.90. The summed E-state index contributed by atoms with van der Waals surface area (Å²) in [5, 5.41) is 3.62. The fourth-order valence-electron chi connectivity index (χ4n) is 2.90. The second-order valence-corrected chi connectivity index (χ2v) is 5.74. The van der Waals surface area contributed by atoms with E-state index in [1.807, 2.05) is 30.6 Å². The summed E-state index contributed by atoms with van der Waals surface area (Å²) in [5.41, 5.74) is 2.41. The Balaban J connectivity index is 1.61. The first kappa shape index (κ1) is 15.6. The zero-order chi connectivity index (χ0) is 16.1. The molecule has 23 heavy (non-hydrogen) atoms. The summed E-state index contributed by atoms with van der Waals surface area (Å²) in [7, 11) is 3.36. The highest BCUT2D eigenvalue weighted by Gasteiger charge is 2.23. The average molecular weight is 313 g/mol. The van der Waals surface area contributed by atoms with E-state index in [1.54, 1.807) is 14.2 Å². The summed E-state index contributed by atoms with van der Waals surface area (Å²) in [5.74, 6) is 1.65. The number of ether oxygens (including phenoxy) is 2. The summed E-state index contributed by atoms with van der Waals surface area (Å²) >= 11 is 0. The van der Waals surface area contributed by atoms with Crippen LogP contribution in [0.1, 0.15) is 12.0 Å². The highest BCUT2D eigenvalue weighted by Crippen LogP contribution is 2.30. The minimum absolute atomic E-state index is 0.486. The van der Waals surface area contributed by atoms with Crippen molar-refractivity contribution in [1.82, 2.24) is 10.3 Å². The number of nitrogens with zero attached hydrogens (tertiary/aromatic N) is 2. The SMILES string of the molecule is COc1cc(OC)cc(N2CC[C@@H](NCc3ccncc3)C2)c1. The van der Waals surface area contributed by atoms with Gasteiger partial charge in [-0.3, -0.25) is 4.98 Å². The first-order valence-electron chi connectivity index (χ1n) is 7.89. The zero-order valence-corrected chi connectivity index (χ0v) is 13.7. The van der Waals surface area contributed by atoms with Gasteiger partial charge in [0.1, 0.15) is 11.5 Å². The van der Waals surface area contributed by atoms with Gasteiger partial charge in [-0.1, -0.05) is 0 Å². The van der Waals surface area contributed by atoms with Crippen LogP contribution in [-0.2, 0) is 6.54 Å². The van der Waals surface area contributed by atoms with Crippen molar-refractivity contribution in [1.29, 1.82) is 0 Å². The average Bonchev–Trinajstić information content (AvgIpc) is 3.09. The number of hydrogen-bond acceptors (Lipinski definition) is 5. The Morgan fingerprint density at radius 2 is 1.83 bits per heavy atom. The maximum absolute atomic E-state index is 5.36. The molecule has 1 atom stereocenters. The monoisotopic (exact) mass is 313 g/mol. The molecule has 122 valence electrons. The van der Waals surface area contributed by atoms with Gasteiger partial charge in [0.2, 0.25) is 0 Å². The van der Waals surface area contributed by atoms with Crippen LogP contribution >= 0.6 is 0 Å². The number of aromatic nitrogens is 1. The van der Waals surface area contributed by atoms with E-state index in [1.165, 1.54) is 5.56 Å². The standard InChI is InChI=1S/C18H23N3O2/c1-22-17-9-16(10-18(11-17)23-2)21-8-5-15(13-21)20-12-14-3-6-19-7-4-14/h3-4,6-7,9-11,15,20H,5,8,12-13H2,1-2H3/t15-/m1/s1. The number of anilines is 1. The van der Waals surface area contributed by atoms with Crippen LogP contribution in [-0.4, -0.2) is 38.3 Å². The van der Waals surface area contributed by atoms with E-state index in [0.29, 0.717) is 6.04 Å². The lowest BCUT2D eigenvalue weighted by Gasteiger charge is -2.20. The third kappa shape index (κ3) is 3.93. The van der Waals surface area contributed by atoms with E-state index in [2.05, 4.69) is 27.3 Å². The number of benzene rings is 1. The minimum Gasteiger partial charge on any atom is -0.497 e. The molecule has 1 aliphatic heterocycles. The highest BCUT2D eigenvalue weighted by atomic mass is 16.5. The molecule has 1 saturated heterocycles. The van der Waals surface area contributed by atoms with Crippen LogP contribution < -0.4 is 19.7 Å². The van der Waals surface area contributed by atoms with Gasteiger partial charge in [-0.25, -0.2) is 0 Å². The van der Waals surface area contributed by atoms with Crippen LogP contribution in [0.4, 0.5) is 5.69 Å². The third-order valence-electron chi connectivity index (χ3n) is 4.23. The van der Waals surface area contributed by atoms with Gasteiger partial charge in [-0.15, -0.1) is 0 Å². The van der Waals surface area contributed by atoms with Gasteiger partial charge in [0.15, 0.2) is 0 Å². The molecule has 1 fully saturated rings. The maximum Gasteiger partial charge on any atom is 0.124 e. The maximum atomic E-state index is 5.36. The van der Waals surface area contributed by atoms with Crippen LogP contribution in [0.5, 0.6) is 11.5 Å². The molecule has 3 rings (SSSR count). The molecular formula is C18H23N3O2. The summed E-state index contributed by atoms with van der Waals surface area (Å²) in [4.78, 5) is 6.42. The Bertz CT molecular complexity index is 611.